The van der Waals surface area contributed by atoms with E-state index in [1.165, 1.54) is 0 Å². The second kappa shape index (κ2) is 8.05. The number of hydrogen-bond donors (Lipinski definition) is 3. The number of rotatable bonds is 2. The zero-order valence-corrected chi connectivity index (χ0v) is 9.66. The fourth-order valence-corrected chi connectivity index (χ4v) is 0.459. The summed E-state index contributed by atoms with van der Waals surface area (Å²) in [5, 5.41) is 10.1. The highest BCUT2D eigenvalue weighted by molar-refractivity contribution is 5.68. The van der Waals surface area contributed by atoms with Crippen LogP contribution in [0.2, 0.25) is 0 Å². The Morgan fingerprint density at radius 2 is 1.80 bits per heavy atom. The van der Waals surface area contributed by atoms with E-state index in [0.717, 1.165) is 0 Å². The molecule has 6 nitrogen and oxygen atoms in total. The first-order valence-electron chi connectivity index (χ1n) is 4.61. The lowest BCUT2D eigenvalue weighted by atomic mass is 10.2. The van der Waals surface area contributed by atoms with E-state index in [9.17, 15) is 9.59 Å². The van der Waals surface area contributed by atoms with E-state index in [-0.39, 0.29) is 18.2 Å². The standard InChI is InChI=1S/C7H15NO2.C2H5NO2/c1-5-8-6(9)10-7(2,3)4;3-1-2(4)5/h5H2,1-4H3,(H,8,9);1,3H2,(H,4,5). The van der Waals surface area contributed by atoms with Gasteiger partial charge in [0.15, 0.2) is 0 Å². The smallest absolute Gasteiger partial charge is 0.407 e. The minimum Gasteiger partial charge on any atom is -0.480 e. The van der Waals surface area contributed by atoms with Crippen molar-refractivity contribution in [3.63, 3.8) is 0 Å². The molecule has 0 heterocycles. The lowest BCUT2D eigenvalue weighted by Gasteiger charge is -2.19. The molecule has 0 rings (SSSR count). The topological polar surface area (TPSA) is 102 Å². The number of nitrogens with two attached hydrogens (primary N) is 1. The van der Waals surface area contributed by atoms with Gasteiger partial charge in [0, 0.05) is 6.54 Å². The quantitative estimate of drug-likeness (QED) is 0.631. The molecule has 0 radical (unpaired) electrons. The molecule has 0 aromatic carbocycles. The molecule has 4 N–H and O–H groups in total. The number of aliphatic carboxylic acids is 1. The highest BCUT2D eigenvalue weighted by Gasteiger charge is 2.14. The fraction of sp³-hybridized carbons (Fsp3) is 0.778. The predicted octanol–water partition coefficient (Wildman–Crippen LogP) is 0.561. The summed E-state index contributed by atoms with van der Waals surface area (Å²) in [4.78, 5) is 20.0. The van der Waals surface area contributed by atoms with Crippen molar-refractivity contribution in [2.75, 3.05) is 13.1 Å². The lowest BCUT2D eigenvalue weighted by molar-refractivity contribution is -0.135. The summed E-state index contributed by atoms with van der Waals surface area (Å²) in [5.41, 5.74) is 4.18. The largest absolute Gasteiger partial charge is 0.480 e. The number of carboxylic acid groups (broad SMARTS) is 1. The number of alkyl carbamates (subject to hydrolysis) is 1. The first-order chi connectivity index (χ1) is 6.72. The van der Waals surface area contributed by atoms with E-state index in [2.05, 4.69) is 11.1 Å². The Morgan fingerprint density at radius 3 is 2.00 bits per heavy atom. The van der Waals surface area contributed by atoms with Crippen molar-refractivity contribution in [2.24, 2.45) is 5.73 Å². The van der Waals surface area contributed by atoms with Crippen LogP contribution in [0, 0.1) is 0 Å². The van der Waals surface area contributed by atoms with Gasteiger partial charge in [-0.1, -0.05) is 0 Å². The molecule has 0 saturated carbocycles. The normalized spacial score (nSPS) is 9.67. The third kappa shape index (κ3) is 19.2. The Bertz CT molecular complexity index is 199. The number of ether oxygens (including phenoxy) is 1. The Balaban J connectivity index is 0. The van der Waals surface area contributed by atoms with Gasteiger partial charge in [0.2, 0.25) is 0 Å². The summed E-state index contributed by atoms with van der Waals surface area (Å²) in [6.45, 7) is 7.69. The maximum atomic E-state index is 10.7. The first kappa shape index (κ1) is 16.1. The maximum absolute atomic E-state index is 10.7. The van der Waals surface area contributed by atoms with Crippen LogP contribution in [0.4, 0.5) is 4.79 Å². The summed E-state index contributed by atoms with van der Waals surface area (Å²) in [5.74, 6) is -0.968. The number of hydrogen-bond acceptors (Lipinski definition) is 4. The van der Waals surface area contributed by atoms with Crippen LogP contribution in [0.3, 0.4) is 0 Å². The maximum Gasteiger partial charge on any atom is 0.407 e. The number of carbonyl (C=O) groups excluding carboxylic acids is 1. The number of amides is 1. The molecule has 15 heavy (non-hydrogen) atoms. The molecule has 0 unspecified atom stereocenters. The Morgan fingerprint density at radius 1 is 1.40 bits per heavy atom. The molecule has 0 spiro atoms. The molecule has 0 fully saturated rings. The predicted molar refractivity (Wildman–Crippen MR) is 56.6 cm³/mol. The Kier molecular flexibility index (Phi) is 8.66. The van der Waals surface area contributed by atoms with Gasteiger partial charge in [-0.25, -0.2) is 4.79 Å². The van der Waals surface area contributed by atoms with Crippen molar-refractivity contribution >= 4 is 12.1 Å². The minimum absolute atomic E-state index is 0.278. The number of nitrogens with one attached hydrogen (secondary N) is 1. The van der Waals surface area contributed by atoms with Crippen LogP contribution in [0.5, 0.6) is 0 Å². The highest BCUT2D eigenvalue weighted by Crippen LogP contribution is 2.05. The minimum atomic E-state index is -0.968. The molecule has 1 amide bonds. The van der Waals surface area contributed by atoms with Crippen molar-refractivity contribution in [1.82, 2.24) is 5.32 Å². The molecule has 0 aliphatic carbocycles. The van der Waals surface area contributed by atoms with E-state index in [4.69, 9.17) is 9.84 Å². The van der Waals surface area contributed by atoms with E-state index < -0.39 is 5.97 Å². The summed E-state index contributed by atoms with van der Waals surface area (Å²) < 4.78 is 4.93. The third-order valence-corrected chi connectivity index (χ3v) is 0.895. The average Bonchev–Trinajstić information content (AvgIpc) is 2.02. The van der Waals surface area contributed by atoms with Gasteiger partial charge in [-0.05, 0) is 27.7 Å². The summed E-state index contributed by atoms with van der Waals surface area (Å²) in [6.07, 6.45) is -0.352. The van der Waals surface area contributed by atoms with Crippen LogP contribution >= 0.6 is 0 Å². The summed E-state index contributed by atoms with van der Waals surface area (Å²) in [6, 6.07) is 0. The molecule has 6 heteroatoms. The van der Waals surface area contributed by atoms with E-state index in [0.29, 0.717) is 6.54 Å². The van der Waals surface area contributed by atoms with Gasteiger partial charge in [0.1, 0.15) is 5.60 Å². The molecule has 0 bridgehead atoms. The van der Waals surface area contributed by atoms with E-state index in [1.807, 2.05) is 27.7 Å². The molecular weight excluding hydrogens is 200 g/mol. The molecule has 0 atom stereocenters. The zero-order chi connectivity index (χ0) is 12.5. The highest BCUT2D eigenvalue weighted by atomic mass is 16.6. The SMILES string of the molecule is CCNC(=O)OC(C)(C)C.NCC(=O)O. The third-order valence-electron chi connectivity index (χ3n) is 0.895. The zero-order valence-electron chi connectivity index (χ0n) is 9.66. The van der Waals surface area contributed by atoms with Crippen LogP contribution in [-0.4, -0.2) is 35.9 Å². The van der Waals surface area contributed by atoms with Gasteiger partial charge in [-0.15, -0.1) is 0 Å². The summed E-state index contributed by atoms with van der Waals surface area (Å²) in [7, 11) is 0. The number of carboxylic acids is 1. The molecule has 0 saturated heterocycles. The molecule has 90 valence electrons. The number of carbonyl (C=O) groups is 2. The van der Waals surface area contributed by atoms with Gasteiger partial charge in [0.05, 0.1) is 6.54 Å². The van der Waals surface area contributed by atoms with Crippen LogP contribution < -0.4 is 11.1 Å². The molecule has 0 aromatic rings. The van der Waals surface area contributed by atoms with Crippen molar-refractivity contribution in [3.05, 3.63) is 0 Å². The van der Waals surface area contributed by atoms with Crippen LogP contribution in [0.15, 0.2) is 0 Å². The van der Waals surface area contributed by atoms with Crippen LogP contribution in [0.25, 0.3) is 0 Å². The average molecular weight is 220 g/mol. The molecule has 0 aliphatic heterocycles. The van der Waals surface area contributed by atoms with Crippen LogP contribution in [0.1, 0.15) is 27.7 Å². The molecule has 0 aromatic heterocycles. The molecule has 0 aliphatic rings. The van der Waals surface area contributed by atoms with Gasteiger partial charge in [-0.2, -0.15) is 0 Å². The molecular formula is C9H20N2O4. The van der Waals surface area contributed by atoms with Crippen molar-refractivity contribution in [1.29, 1.82) is 0 Å². The monoisotopic (exact) mass is 220 g/mol. The van der Waals surface area contributed by atoms with E-state index >= 15 is 0 Å². The second-order valence-corrected chi connectivity index (χ2v) is 3.63. The summed E-state index contributed by atoms with van der Waals surface area (Å²) >= 11 is 0. The van der Waals surface area contributed by atoms with Crippen LogP contribution in [-0.2, 0) is 9.53 Å². The first-order valence-corrected chi connectivity index (χ1v) is 4.61. The van der Waals surface area contributed by atoms with Crippen molar-refractivity contribution in [3.8, 4) is 0 Å². The van der Waals surface area contributed by atoms with Crippen molar-refractivity contribution in [2.45, 2.75) is 33.3 Å². The Labute approximate surface area is 89.8 Å². The van der Waals surface area contributed by atoms with Gasteiger partial charge < -0.3 is 20.9 Å². The van der Waals surface area contributed by atoms with Gasteiger partial charge >= 0.3 is 12.1 Å². The Hall–Kier alpha value is -1.30. The second-order valence-electron chi connectivity index (χ2n) is 3.63. The lowest BCUT2D eigenvalue weighted by Crippen LogP contribution is -2.32. The van der Waals surface area contributed by atoms with Crippen molar-refractivity contribution < 1.29 is 19.4 Å². The van der Waals surface area contributed by atoms with Gasteiger partial charge in [-0.3, -0.25) is 4.79 Å². The van der Waals surface area contributed by atoms with E-state index in [1.54, 1.807) is 0 Å². The fourth-order valence-electron chi connectivity index (χ4n) is 0.459. The van der Waals surface area contributed by atoms with Gasteiger partial charge in [0.25, 0.3) is 0 Å².